The van der Waals surface area contributed by atoms with E-state index in [2.05, 4.69) is 10.6 Å². The molecule has 2 aliphatic heterocycles. The zero-order valence-electron chi connectivity index (χ0n) is 19.5. The summed E-state index contributed by atoms with van der Waals surface area (Å²) < 4.78 is 10.7. The van der Waals surface area contributed by atoms with E-state index in [1.54, 1.807) is 43.5 Å². The topological polar surface area (TPSA) is 135 Å². The highest BCUT2D eigenvalue weighted by atomic mass is 16.5. The molecule has 0 saturated carbocycles. The van der Waals surface area contributed by atoms with Gasteiger partial charge in [-0.2, -0.15) is 0 Å². The van der Waals surface area contributed by atoms with Crippen molar-refractivity contribution in [2.24, 2.45) is 0 Å². The number of hydrogen-bond acceptors (Lipinski definition) is 7. The maximum atomic E-state index is 13.0. The smallest absolute Gasteiger partial charge is 0.262 e. The van der Waals surface area contributed by atoms with E-state index in [4.69, 9.17) is 9.15 Å². The number of fused-ring (bicyclic) bond motifs is 2. The Bertz CT molecular complexity index is 1420. The molecule has 1 fully saturated rings. The zero-order chi connectivity index (χ0) is 25.4. The molecule has 2 aromatic carbocycles. The molecule has 2 aliphatic rings. The summed E-state index contributed by atoms with van der Waals surface area (Å²) in [5.41, 5.74) is 2.31. The van der Waals surface area contributed by atoms with Crippen LogP contribution in [-0.4, -0.2) is 54.1 Å². The second-order valence-electron chi connectivity index (χ2n) is 8.70. The van der Waals surface area contributed by atoms with Crippen LogP contribution in [0, 0.1) is 0 Å². The summed E-state index contributed by atoms with van der Waals surface area (Å²) in [6, 6.07) is 9.25. The first-order valence-electron chi connectivity index (χ1n) is 11.6. The molecular formula is C26H23N3O7. The van der Waals surface area contributed by atoms with Crippen LogP contribution in [-0.2, 0) is 16.0 Å². The van der Waals surface area contributed by atoms with Gasteiger partial charge in [-0.25, -0.2) is 0 Å². The lowest BCUT2D eigenvalue weighted by atomic mass is 10.0. The fraction of sp³-hybridized carbons (Fsp3) is 0.269. The van der Waals surface area contributed by atoms with Gasteiger partial charge in [-0.15, -0.1) is 0 Å². The van der Waals surface area contributed by atoms with Crippen LogP contribution in [0.2, 0.25) is 0 Å². The van der Waals surface area contributed by atoms with Crippen molar-refractivity contribution in [2.75, 3.05) is 13.7 Å². The van der Waals surface area contributed by atoms with E-state index in [-0.39, 0.29) is 29.9 Å². The number of aryl methyl sites for hydroxylation is 1. The van der Waals surface area contributed by atoms with Gasteiger partial charge in [0.15, 0.2) is 0 Å². The number of piperidine rings is 1. The maximum absolute atomic E-state index is 13.0. The van der Waals surface area contributed by atoms with E-state index in [0.29, 0.717) is 41.7 Å². The quantitative estimate of drug-likeness (QED) is 0.384. The summed E-state index contributed by atoms with van der Waals surface area (Å²) in [6.07, 6.45) is 2.76. The third kappa shape index (κ3) is 4.10. The summed E-state index contributed by atoms with van der Waals surface area (Å²) in [7, 11) is 1.55. The van der Waals surface area contributed by atoms with Crippen LogP contribution in [0.4, 0.5) is 0 Å². The highest BCUT2D eigenvalue weighted by Crippen LogP contribution is 2.29. The standard InChI is InChI=1S/C26H23N3O7/c1-35-15-5-8-21-17(12-15)19(13-36-21)23(31)27-10-2-3-14-4-6-16-18(11-14)26(34)29(25(16)33)20-7-9-22(30)28-24(20)32/h4-6,8,11-13,20H,2-3,7,9-10H2,1H3,(H,27,31)(H,28,30,32). The second kappa shape index (κ2) is 9.29. The van der Waals surface area contributed by atoms with Crippen LogP contribution in [0.1, 0.15) is 55.9 Å². The molecule has 1 saturated heterocycles. The number of carbonyl (C=O) groups is 5. The Morgan fingerprint density at radius 1 is 1.11 bits per heavy atom. The van der Waals surface area contributed by atoms with Crippen molar-refractivity contribution < 1.29 is 33.1 Å². The van der Waals surface area contributed by atoms with Crippen molar-refractivity contribution >= 4 is 40.5 Å². The van der Waals surface area contributed by atoms with Crippen LogP contribution < -0.4 is 15.4 Å². The minimum atomic E-state index is -0.993. The number of imide groups is 2. The monoisotopic (exact) mass is 489 g/mol. The number of nitrogens with zero attached hydrogens (tertiary/aromatic N) is 1. The van der Waals surface area contributed by atoms with Crippen LogP contribution in [0.5, 0.6) is 5.75 Å². The summed E-state index contributed by atoms with van der Waals surface area (Å²) in [5, 5.41) is 5.72. The molecule has 1 unspecified atom stereocenters. The molecule has 3 aromatic rings. The van der Waals surface area contributed by atoms with E-state index in [0.717, 1.165) is 10.5 Å². The van der Waals surface area contributed by atoms with Crippen LogP contribution in [0.15, 0.2) is 47.1 Å². The largest absolute Gasteiger partial charge is 0.497 e. The number of ether oxygens (including phenoxy) is 1. The van der Waals surface area contributed by atoms with Crippen molar-refractivity contribution in [1.29, 1.82) is 0 Å². The molecule has 184 valence electrons. The van der Waals surface area contributed by atoms with Gasteiger partial charge >= 0.3 is 0 Å². The molecule has 1 atom stereocenters. The number of carbonyl (C=O) groups excluding carboxylic acids is 5. The van der Waals surface area contributed by atoms with Crippen molar-refractivity contribution in [2.45, 2.75) is 31.7 Å². The summed E-state index contributed by atoms with van der Waals surface area (Å²) in [5.74, 6) is -1.77. The second-order valence-corrected chi connectivity index (χ2v) is 8.70. The fourth-order valence-corrected chi connectivity index (χ4v) is 4.57. The first-order chi connectivity index (χ1) is 17.4. The number of nitrogens with one attached hydrogen (secondary N) is 2. The fourth-order valence-electron chi connectivity index (χ4n) is 4.57. The molecule has 3 heterocycles. The highest BCUT2D eigenvalue weighted by molar-refractivity contribution is 6.23. The normalized spacial score (nSPS) is 17.4. The number of furan rings is 1. The molecule has 0 bridgehead atoms. The van der Waals surface area contributed by atoms with Gasteiger partial charge in [0, 0.05) is 18.4 Å². The van der Waals surface area contributed by atoms with Gasteiger partial charge in [0.25, 0.3) is 17.7 Å². The van der Waals surface area contributed by atoms with Crippen molar-refractivity contribution in [3.8, 4) is 5.75 Å². The van der Waals surface area contributed by atoms with E-state index in [1.807, 2.05) is 0 Å². The summed E-state index contributed by atoms with van der Waals surface area (Å²) in [4.78, 5) is 63.0. The van der Waals surface area contributed by atoms with Gasteiger partial charge in [-0.1, -0.05) is 6.07 Å². The van der Waals surface area contributed by atoms with Crippen molar-refractivity contribution in [3.63, 3.8) is 0 Å². The lowest BCUT2D eigenvalue weighted by molar-refractivity contribution is -0.136. The minimum Gasteiger partial charge on any atom is -0.497 e. The molecule has 5 rings (SSSR count). The Hall–Kier alpha value is -4.47. The van der Waals surface area contributed by atoms with E-state index in [9.17, 15) is 24.0 Å². The number of benzene rings is 2. The summed E-state index contributed by atoms with van der Waals surface area (Å²) in [6.45, 7) is 0.391. The summed E-state index contributed by atoms with van der Waals surface area (Å²) >= 11 is 0. The van der Waals surface area contributed by atoms with Crippen molar-refractivity contribution in [3.05, 3.63) is 64.9 Å². The molecule has 0 aliphatic carbocycles. The molecule has 0 radical (unpaired) electrons. The van der Waals surface area contributed by atoms with Crippen LogP contribution in [0.3, 0.4) is 0 Å². The maximum Gasteiger partial charge on any atom is 0.262 e. The van der Waals surface area contributed by atoms with Gasteiger partial charge in [-0.05, 0) is 55.2 Å². The van der Waals surface area contributed by atoms with E-state index in [1.165, 1.54) is 6.26 Å². The van der Waals surface area contributed by atoms with Gasteiger partial charge in [0.1, 0.15) is 23.6 Å². The lowest BCUT2D eigenvalue weighted by Gasteiger charge is -2.27. The van der Waals surface area contributed by atoms with Gasteiger partial charge < -0.3 is 14.5 Å². The molecule has 5 amide bonds. The number of hydrogen-bond donors (Lipinski definition) is 2. The molecule has 36 heavy (non-hydrogen) atoms. The van der Waals surface area contributed by atoms with Crippen molar-refractivity contribution in [1.82, 2.24) is 15.5 Å². The minimum absolute atomic E-state index is 0.0724. The Morgan fingerprint density at radius 2 is 1.92 bits per heavy atom. The van der Waals surface area contributed by atoms with Gasteiger partial charge in [0.2, 0.25) is 11.8 Å². The number of rotatable bonds is 7. The molecule has 2 N–H and O–H groups in total. The number of amides is 5. The molecule has 10 heteroatoms. The highest BCUT2D eigenvalue weighted by Gasteiger charge is 2.44. The number of methoxy groups -OCH3 is 1. The van der Waals surface area contributed by atoms with E-state index >= 15 is 0 Å². The van der Waals surface area contributed by atoms with E-state index < -0.39 is 29.7 Å². The Labute approximate surface area is 205 Å². The molecule has 0 spiro atoms. The third-order valence-electron chi connectivity index (χ3n) is 6.46. The Morgan fingerprint density at radius 3 is 2.69 bits per heavy atom. The molecule has 10 nitrogen and oxygen atoms in total. The Balaban J connectivity index is 1.20. The predicted octanol–water partition coefficient (Wildman–Crippen LogP) is 2.21. The third-order valence-corrected chi connectivity index (χ3v) is 6.46. The van der Waals surface area contributed by atoms with Gasteiger partial charge in [-0.3, -0.25) is 34.2 Å². The zero-order valence-corrected chi connectivity index (χ0v) is 19.5. The lowest BCUT2D eigenvalue weighted by Crippen LogP contribution is -2.54. The van der Waals surface area contributed by atoms with Gasteiger partial charge in [0.05, 0.1) is 23.8 Å². The predicted molar refractivity (Wildman–Crippen MR) is 127 cm³/mol. The van der Waals surface area contributed by atoms with Crippen LogP contribution >= 0.6 is 0 Å². The molecule has 1 aromatic heterocycles. The average molecular weight is 489 g/mol. The average Bonchev–Trinajstić information content (AvgIpc) is 3.40. The first kappa shape index (κ1) is 23.3. The SMILES string of the molecule is COc1ccc2occ(C(=O)NCCCc3ccc4c(c3)C(=O)N(C3CCC(=O)NC3=O)C4=O)c2c1. The van der Waals surface area contributed by atoms with Crippen LogP contribution in [0.25, 0.3) is 11.0 Å². The molecular weight excluding hydrogens is 466 g/mol. The first-order valence-corrected chi connectivity index (χ1v) is 11.6. The Kier molecular flexibility index (Phi) is 6.01.